The van der Waals surface area contributed by atoms with Gasteiger partial charge < -0.3 is 10.0 Å². The fraction of sp³-hybridized carbons (Fsp3) is 0.600. The minimum absolute atomic E-state index is 0.0597. The molecule has 1 aliphatic rings. The van der Waals surface area contributed by atoms with Crippen molar-refractivity contribution in [2.75, 3.05) is 11.4 Å². The van der Waals surface area contributed by atoms with Crippen LogP contribution in [0, 0.1) is 0 Å². The van der Waals surface area contributed by atoms with Crippen molar-refractivity contribution < 1.29 is 9.90 Å². The van der Waals surface area contributed by atoms with Crippen LogP contribution in [0.25, 0.3) is 0 Å². The summed E-state index contributed by atoms with van der Waals surface area (Å²) >= 11 is 0. The predicted molar refractivity (Wildman–Crippen MR) is 55.8 cm³/mol. The fourth-order valence-corrected chi connectivity index (χ4v) is 2.19. The number of carbonyl (C=O) groups is 1. The minimum Gasteiger partial charge on any atom is -0.480 e. The summed E-state index contributed by atoms with van der Waals surface area (Å²) in [5, 5.41) is 15.5. The number of aliphatic carboxylic acids is 1. The topological polar surface area (TPSA) is 69.2 Å². The van der Waals surface area contributed by atoms with Gasteiger partial charge in [-0.25, -0.2) is 0 Å². The third-order valence-electron chi connectivity index (χ3n) is 2.89. The first-order chi connectivity index (χ1) is 7.27. The van der Waals surface area contributed by atoms with Crippen LogP contribution in [0.3, 0.4) is 0 Å². The number of aromatic amines is 1. The molecule has 1 aromatic heterocycles. The quantitative estimate of drug-likeness (QED) is 0.782. The highest BCUT2D eigenvalue weighted by molar-refractivity contribution is 5.73. The molecule has 0 saturated heterocycles. The van der Waals surface area contributed by atoms with Gasteiger partial charge in [-0.15, -0.1) is 0 Å². The number of hydrogen-bond acceptors (Lipinski definition) is 3. The molecule has 5 nitrogen and oxygen atoms in total. The Labute approximate surface area is 88.1 Å². The molecule has 0 bridgehead atoms. The van der Waals surface area contributed by atoms with Crippen molar-refractivity contribution in [2.24, 2.45) is 0 Å². The Morgan fingerprint density at radius 2 is 2.33 bits per heavy atom. The summed E-state index contributed by atoms with van der Waals surface area (Å²) in [5.74, 6) is -0.789. The third-order valence-corrected chi connectivity index (χ3v) is 2.89. The summed E-state index contributed by atoms with van der Waals surface area (Å²) in [6.07, 6.45) is 7.98. The zero-order valence-electron chi connectivity index (χ0n) is 8.52. The van der Waals surface area contributed by atoms with Crippen LogP contribution in [0.5, 0.6) is 0 Å². The number of H-pyrrole nitrogens is 1. The highest BCUT2D eigenvalue weighted by Gasteiger charge is 2.24. The predicted octanol–water partition coefficient (Wildman–Crippen LogP) is 1.24. The van der Waals surface area contributed by atoms with Gasteiger partial charge in [0.05, 0.1) is 11.9 Å². The Morgan fingerprint density at radius 1 is 1.60 bits per heavy atom. The van der Waals surface area contributed by atoms with Crippen LogP contribution in [-0.4, -0.2) is 33.9 Å². The van der Waals surface area contributed by atoms with E-state index in [1.165, 1.54) is 12.8 Å². The molecule has 0 amide bonds. The highest BCUT2D eigenvalue weighted by atomic mass is 16.4. The molecule has 0 radical (unpaired) electrons. The molecular weight excluding hydrogens is 194 g/mol. The van der Waals surface area contributed by atoms with Crippen molar-refractivity contribution in [3.05, 3.63) is 12.4 Å². The second-order valence-electron chi connectivity index (χ2n) is 3.92. The molecule has 1 saturated carbocycles. The first-order valence-electron chi connectivity index (χ1n) is 5.24. The van der Waals surface area contributed by atoms with Gasteiger partial charge in [0, 0.05) is 12.2 Å². The number of nitrogens with zero attached hydrogens (tertiary/aromatic N) is 2. The molecule has 15 heavy (non-hydrogen) atoms. The van der Waals surface area contributed by atoms with E-state index >= 15 is 0 Å². The maximum Gasteiger partial charge on any atom is 0.323 e. The minimum atomic E-state index is -0.789. The van der Waals surface area contributed by atoms with Gasteiger partial charge in [-0.1, -0.05) is 12.8 Å². The zero-order chi connectivity index (χ0) is 10.7. The number of carboxylic acid groups (broad SMARTS) is 1. The van der Waals surface area contributed by atoms with E-state index in [0.29, 0.717) is 6.04 Å². The summed E-state index contributed by atoms with van der Waals surface area (Å²) in [5.41, 5.74) is 0.879. The average molecular weight is 209 g/mol. The lowest BCUT2D eigenvalue weighted by Gasteiger charge is -2.27. The molecule has 82 valence electrons. The molecule has 1 heterocycles. The summed E-state index contributed by atoms with van der Waals surface area (Å²) < 4.78 is 0. The zero-order valence-corrected chi connectivity index (χ0v) is 8.52. The number of aromatic nitrogens is 2. The molecule has 1 fully saturated rings. The van der Waals surface area contributed by atoms with Crippen LogP contribution in [0.15, 0.2) is 12.4 Å². The molecule has 0 unspecified atom stereocenters. The Bertz CT molecular complexity index is 317. The first kappa shape index (κ1) is 10.0. The first-order valence-corrected chi connectivity index (χ1v) is 5.24. The summed E-state index contributed by atoms with van der Waals surface area (Å²) in [6, 6.07) is 0.360. The third kappa shape index (κ3) is 2.29. The van der Waals surface area contributed by atoms with Gasteiger partial charge in [-0.05, 0) is 12.8 Å². The molecule has 1 aromatic rings. The van der Waals surface area contributed by atoms with E-state index < -0.39 is 5.97 Å². The van der Waals surface area contributed by atoms with E-state index in [-0.39, 0.29) is 6.54 Å². The molecule has 0 spiro atoms. The van der Waals surface area contributed by atoms with E-state index in [2.05, 4.69) is 10.2 Å². The van der Waals surface area contributed by atoms with Crippen LogP contribution < -0.4 is 4.90 Å². The lowest BCUT2D eigenvalue weighted by atomic mass is 10.2. The SMILES string of the molecule is O=C(O)CN(c1cn[nH]c1)C1CCCC1. The van der Waals surface area contributed by atoms with Crippen molar-refractivity contribution in [2.45, 2.75) is 31.7 Å². The van der Waals surface area contributed by atoms with Crippen molar-refractivity contribution >= 4 is 11.7 Å². The number of hydrogen-bond donors (Lipinski definition) is 2. The van der Waals surface area contributed by atoms with Crippen molar-refractivity contribution in [1.82, 2.24) is 10.2 Å². The van der Waals surface area contributed by atoms with Gasteiger partial charge >= 0.3 is 5.97 Å². The van der Waals surface area contributed by atoms with Crippen LogP contribution in [0.1, 0.15) is 25.7 Å². The summed E-state index contributed by atoms with van der Waals surface area (Å²) in [4.78, 5) is 12.7. The normalized spacial score (nSPS) is 16.8. The Hall–Kier alpha value is -1.52. The molecule has 2 rings (SSSR count). The lowest BCUT2D eigenvalue weighted by molar-refractivity contribution is -0.135. The maximum absolute atomic E-state index is 10.8. The molecule has 5 heteroatoms. The average Bonchev–Trinajstić information content (AvgIpc) is 2.87. The Morgan fingerprint density at radius 3 is 2.87 bits per heavy atom. The van der Waals surface area contributed by atoms with Gasteiger partial charge in [-0.3, -0.25) is 9.89 Å². The monoisotopic (exact) mass is 209 g/mol. The smallest absolute Gasteiger partial charge is 0.323 e. The molecule has 1 aliphatic carbocycles. The van der Waals surface area contributed by atoms with Crippen LogP contribution in [0.4, 0.5) is 5.69 Å². The number of rotatable bonds is 4. The van der Waals surface area contributed by atoms with Gasteiger partial charge in [0.25, 0.3) is 0 Å². The van der Waals surface area contributed by atoms with Gasteiger partial charge in [0.2, 0.25) is 0 Å². The number of carboxylic acids is 1. The maximum atomic E-state index is 10.8. The molecular formula is C10H15N3O2. The number of nitrogens with one attached hydrogen (secondary N) is 1. The Kier molecular flexibility index (Phi) is 2.89. The van der Waals surface area contributed by atoms with Crippen LogP contribution in [-0.2, 0) is 4.79 Å². The van der Waals surface area contributed by atoms with Gasteiger partial charge in [-0.2, -0.15) is 5.10 Å². The van der Waals surface area contributed by atoms with Crippen molar-refractivity contribution in [3.8, 4) is 0 Å². The fourth-order valence-electron chi connectivity index (χ4n) is 2.19. The van der Waals surface area contributed by atoms with Crippen molar-refractivity contribution in [3.63, 3.8) is 0 Å². The van der Waals surface area contributed by atoms with Gasteiger partial charge in [0.15, 0.2) is 0 Å². The second-order valence-corrected chi connectivity index (χ2v) is 3.92. The molecule has 0 atom stereocenters. The standard InChI is InChI=1S/C10H15N3O2/c14-10(15)7-13(8-3-1-2-4-8)9-5-11-12-6-9/h5-6,8H,1-4,7H2,(H,11,12)(H,14,15). The lowest BCUT2D eigenvalue weighted by Crippen LogP contribution is -2.37. The number of anilines is 1. The van der Waals surface area contributed by atoms with Gasteiger partial charge in [0.1, 0.15) is 6.54 Å². The van der Waals surface area contributed by atoms with Crippen molar-refractivity contribution in [1.29, 1.82) is 0 Å². The van der Waals surface area contributed by atoms with E-state index in [1.807, 2.05) is 4.90 Å². The second kappa shape index (κ2) is 4.33. The van der Waals surface area contributed by atoms with E-state index in [4.69, 9.17) is 5.11 Å². The molecule has 0 aliphatic heterocycles. The van der Waals surface area contributed by atoms with Crippen LogP contribution >= 0.6 is 0 Å². The summed E-state index contributed by atoms with van der Waals surface area (Å²) in [6.45, 7) is 0.0597. The highest BCUT2D eigenvalue weighted by Crippen LogP contribution is 2.27. The molecule has 0 aromatic carbocycles. The Balaban J connectivity index is 2.12. The summed E-state index contributed by atoms with van der Waals surface area (Å²) in [7, 11) is 0. The largest absolute Gasteiger partial charge is 0.480 e. The van der Waals surface area contributed by atoms with E-state index in [0.717, 1.165) is 18.5 Å². The van der Waals surface area contributed by atoms with E-state index in [1.54, 1.807) is 12.4 Å². The molecule has 2 N–H and O–H groups in total. The van der Waals surface area contributed by atoms with E-state index in [9.17, 15) is 4.79 Å². The van der Waals surface area contributed by atoms with Crippen LogP contribution in [0.2, 0.25) is 0 Å².